The van der Waals surface area contributed by atoms with Crippen molar-refractivity contribution in [2.45, 2.75) is 32.6 Å². The minimum atomic E-state index is -0.982. The normalized spacial score (nSPS) is 11.3. The Morgan fingerprint density at radius 2 is 1.62 bits per heavy atom. The maximum Gasteiger partial charge on any atom is 0.254 e. The molecule has 0 aliphatic heterocycles. The van der Waals surface area contributed by atoms with Crippen molar-refractivity contribution in [3.8, 4) is 5.69 Å². The summed E-state index contributed by atoms with van der Waals surface area (Å²) in [6.07, 6.45) is -0.0893. The standard InChI is InChI=1S/C23H23F3N4O2/c1-23(2,3)19-13-20(30(29-19)16-7-4-14(24)5-8-16)28-21(31)10-11-27-22(32)17-9-6-15(25)12-18(17)26/h4-9,12-13H,10-11H2,1-3H3,(H,27,32)(H,28,31). The first-order valence-electron chi connectivity index (χ1n) is 9.94. The van der Waals surface area contributed by atoms with Crippen molar-refractivity contribution in [3.63, 3.8) is 0 Å². The van der Waals surface area contributed by atoms with E-state index in [0.29, 0.717) is 17.6 Å². The van der Waals surface area contributed by atoms with Crippen molar-refractivity contribution < 1.29 is 22.8 Å². The fourth-order valence-electron chi connectivity index (χ4n) is 2.88. The van der Waals surface area contributed by atoms with Gasteiger partial charge in [0, 0.05) is 30.5 Å². The summed E-state index contributed by atoms with van der Waals surface area (Å²) in [6.45, 7) is 5.86. The maximum absolute atomic E-state index is 13.7. The van der Waals surface area contributed by atoms with Crippen LogP contribution in [0.3, 0.4) is 0 Å². The predicted molar refractivity (Wildman–Crippen MR) is 114 cm³/mol. The molecular weight excluding hydrogens is 421 g/mol. The average molecular weight is 444 g/mol. The predicted octanol–water partition coefficient (Wildman–Crippen LogP) is 4.35. The topological polar surface area (TPSA) is 76.0 Å². The van der Waals surface area contributed by atoms with E-state index in [9.17, 15) is 22.8 Å². The van der Waals surface area contributed by atoms with Crippen LogP contribution < -0.4 is 10.6 Å². The summed E-state index contributed by atoms with van der Waals surface area (Å²) >= 11 is 0. The highest BCUT2D eigenvalue weighted by Gasteiger charge is 2.21. The summed E-state index contributed by atoms with van der Waals surface area (Å²) in [7, 11) is 0. The molecule has 1 heterocycles. The number of carbonyl (C=O) groups is 2. The first kappa shape index (κ1) is 23.1. The molecule has 0 spiro atoms. The van der Waals surface area contributed by atoms with Crippen molar-refractivity contribution in [1.82, 2.24) is 15.1 Å². The van der Waals surface area contributed by atoms with Crippen LogP contribution in [0.4, 0.5) is 19.0 Å². The van der Waals surface area contributed by atoms with Crippen molar-refractivity contribution in [2.24, 2.45) is 0 Å². The summed E-state index contributed by atoms with van der Waals surface area (Å²) in [5.74, 6) is -2.93. The Balaban J connectivity index is 1.68. The van der Waals surface area contributed by atoms with Crippen LogP contribution in [0.15, 0.2) is 48.5 Å². The van der Waals surface area contributed by atoms with E-state index < -0.39 is 29.3 Å². The third kappa shape index (κ3) is 5.54. The van der Waals surface area contributed by atoms with Gasteiger partial charge in [-0.1, -0.05) is 20.8 Å². The van der Waals surface area contributed by atoms with Gasteiger partial charge in [-0.3, -0.25) is 9.59 Å². The smallest absolute Gasteiger partial charge is 0.254 e. The van der Waals surface area contributed by atoms with Crippen LogP contribution >= 0.6 is 0 Å². The molecular formula is C23H23F3N4O2. The van der Waals surface area contributed by atoms with Crippen molar-refractivity contribution >= 4 is 17.6 Å². The lowest BCUT2D eigenvalue weighted by Gasteiger charge is -2.14. The number of aromatic nitrogens is 2. The molecule has 0 unspecified atom stereocenters. The van der Waals surface area contributed by atoms with E-state index in [1.165, 1.54) is 16.8 Å². The molecule has 168 valence electrons. The van der Waals surface area contributed by atoms with Crippen molar-refractivity contribution in [1.29, 1.82) is 0 Å². The number of anilines is 1. The third-order valence-electron chi connectivity index (χ3n) is 4.63. The van der Waals surface area contributed by atoms with Gasteiger partial charge in [0.05, 0.1) is 16.9 Å². The first-order chi connectivity index (χ1) is 15.0. The molecule has 0 bridgehead atoms. The summed E-state index contributed by atoms with van der Waals surface area (Å²) in [5.41, 5.74) is 0.684. The summed E-state index contributed by atoms with van der Waals surface area (Å²) in [4.78, 5) is 24.5. The molecule has 32 heavy (non-hydrogen) atoms. The fourth-order valence-corrected chi connectivity index (χ4v) is 2.88. The molecule has 3 rings (SSSR count). The molecule has 6 nitrogen and oxygen atoms in total. The molecule has 2 N–H and O–H groups in total. The van der Waals surface area contributed by atoms with Crippen LogP contribution in [0.2, 0.25) is 0 Å². The van der Waals surface area contributed by atoms with E-state index >= 15 is 0 Å². The van der Waals surface area contributed by atoms with E-state index in [0.717, 1.165) is 17.8 Å². The molecule has 2 amide bonds. The van der Waals surface area contributed by atoms with Crippen LogP contribution in [0.5, 0.6) is 0 Å². The molecule has 0 saturated heterocycles. The van der Waals surface area contributed by atoms with Gasteiger partial charge in [0.1, 0.15) is 23.3 Å². The molecule has 0 fully saturated rings. The zero-order valence-electron chi connectivity index (χ0n) is 17.9. The highest BCUT2D eigenvalue weighted by Crippen LogP contribution is 2.26. The molecule has 0 atom stereocenters. The van der Waals surface area contributed by atoms with Crippen molar-refractivity contribution in [2.75, 3.05) is 11.9 Å². The van der Waals surface area contributed by atoms with E-state index in [-0.39, 0.29) is 23.9 Å². The fraction of sp³-hybridized carbons (Fsp3) is 0.261. The second kappa shape index (κ2) is 9.25. The van der Waals surface area contributed by atoms with Crippen LogP contribution in [0, 0.1) is 17.5 Å². The highest BCUT2D eigenvalue weighted by molar-refractivity contribution is 5.95. The number of amides is 2. The summed E-state index contributed by atoms with van der Waals surface area (Å²) in [5, 5.41) is 9.71. The van der Waals surface area contributed by atoms with Crippen LogP contribution in [-0.4, -0.2) is 28.1 Å². The average Bonchev–Trinajstić information content (AvgIpc) is 3.12. The highest BCUT2D eigenvalue weighted by atomic mass is 19.1. The minimum absolute atomic E-state index is 0.0572. The SMILES string of the molecule is CC(C)(C)c1cc(NC(=O)CCNC(=O)c2ccc(F)cc2F)n(-c2ccc(F)cc2)n1. The Bertz CT molecular complexity index is 1140. The van der Waals surface area contributed by atoms with Gasteiger partial charge in [-0.15, -0.1) is 0 Å². The Labute approximate surface area is 183 Å². The van der Waals surface area contributed by atoms with E-state index in [2.05, 4.69) is 15.7 Å². The number of carbonyl (C=O) groups excluding carboxylic acids is 2. The summed E-state index contributed by atoms with van der Waals surface area (Å²) < 4.78 is 41.5. The minimum Gasteiger partial charge on any atom is -0.351 e. The molecule has 9 heteroatoms. The first-order valence-corrected chi connectivity index (χ1v) is 9.94. The Morgan fingerprint density at radius 3 is 2.25 bits per heavy atom. The molecule has 0 aliphatic carbocycles. The number of benzene rings is 2. The Kier molecular flexibility index (Phi) is 6.67. The molecule has 0 radical (unpaired) electrons. The second-order valence-corrected chi connectivity index (χ2v) is 8.23. The van der Waals surface area contributed by atoms with Gasteiger partial charge in [-0.25, -0.2) is 17.9 Å². The Morgan fingerprint density at radius 1 is 0.969 bits per heavy atom. The number of nitrogens with one attached hydrogen (secondary N) is 2. The quantitative estimate of drug-likeness (QED) is 0.594. The van der Waals surface area contributed by atoms with E-state index in [1.54, 1.807) is 18.2 Å². The number of hydrogen-bond donors (Lipinski definition) is 2. The van der Waals surface area contributed by atoms with Gasteiger partial charge in [0.15, 0.2) is 0 Å². The number of hydrogen-bond acceptors (Lipinski definition) is 3. The summed E-state index contributed by atoms with van der Waals surface area (Å²) in [6, 6.07) is 10.0. The molecule has 0 saturated carbocycles. The van der Waals surface area contributed by atoms with Crippen LogP contribution in [0.1, 0.15) is 43.2 Å². The zero-order valence-corrected chi connectivity index (χ0v) is 17.9. The van der Waals surface area contributed by atoms with E-state index in [1.807, 2.05) is 20.8 Å². The molecule has 3 aromatic rings. The van der Waals surface area contributed by atoms with Crippen molar-refractivity contribution in [3.05, 3.63) is 77.2 Å². The Hall–Kier alpha value is -3.62. The monoisotopic (exact) mass is 444 g/mol. The number of halogens is 3. The number of rotatable bonds is 6. The lowest BCUT2D eigenvalue weighted by atomic mass is 9.92. The van der Waals surface area contributed by atoms with Gasteiger partial charge in [-0.2, -0.15) is 5.10 Å². The second-order valence-electron chi connectivity index (χ2n) is 8.23. The third-order valence-corrected chi connectivity index (χ3v) is 4.63. The maximum atomic E-state index is 13.7. The van der Waals surface area contributed by atoms with Gasteiger partial charge in [-0.05, 0) is 36.4 Å². The van der Waals surface area contributed by atoms with Crippen LogP contribution in [-0.2, 0) is 10.2 Å². The van der Waals surface area contributed by atoms with E-state index in [4.69, 9.17) is 0 Å². The molecule has 1 aromatic heterocycles. The number of nitrogens with zero attached hydrogens (tertiary/aromatic N) is 2. The van der Waals surface area contributed by atoms with Gasteiger partial charge >= 0.3 is 0 Å². The zero-order chi connectivity index (χ0) is 23.5. The van der Waals surface area contributed by atoms with Gasteiger partial charge < -0.3 is 10.6 Å². The lowest BCUT2D eigenvalue weighted by Crippen LogP contribution is -2.28. The van der Waals surface area contributed by atoms with Crippen LogP contribution in [0.25, 0.3) is 5.69 Å². The largest absolute Gasteiger partial charge is 0.351 e. The molecule has 0 aliphatic rings. The van der Waals surface area contributed by atoms with Gasteiger partial charge in [0.25, 0.3) is 5.91 Å². The van der Waals surface area contributed by atoms with Gasteiger partial charge in [0.2, 0.25) is 5.91 Å². The molecule has 2 aromatic carbocycles. The lowest BCUT2D eigenvalue weighted by molar-refractivity contribution is -0.116.